The van der Waals surface area contributed by atoms with Gasteiger partial charge in [0, 0.05) is 7.11 Å². The minimum absolute atomic E-state index is 0.131. The summed E-state index contributed by atoms with van der Waals surface area (Å²) in [7, 11) is 1.62. The van der Waals surface area contributed by atoms with Crippen molar-refractivity contribution in [1.82, 2.24) is 4.90 Å². The average Bonchev–Trinajstić information content (AvgIpc) is 3.09. The molecule has 7 heteroatoms. The standard InChI is InChI=1S/C18H29NO6/c1-4-6-14-16-15(13(5-2)25-14)17(20)19(18(16)21)7-8-23-11-12-24-10-9-22-3/h4,13-16H,1,5-12H2,2-3H3/t13?,14?,15-,16+/m0/s1. The third-order valence-electron chi connectivity index (χ3n) is 4.70. The van der Waals surface area contributed by atoms with Gasteiger partial charge < -0.3 is 18.9 Å². The second-order valence-electron chi connectivity index (χ2n) is 6.24. The van der Waals surface area contributed by atoms with Crippen LogP contribution in [0.3, 0.4) is 0 Å². The lowest BCUT2D eigenvalue weighted by atomic mass is 9.87. The van der Waals surface area contributed by atoms with Crippen LogP contribution in [0.5, 0.6) is 0 Å². The van der Waals surface area contributed by atoms with Crippen LogP contribution in [0.15, 0.2) is 12.7 Å². The predicted molar refractivity (Wildman–Crippen MR) is 91.0 cm³/mol. The number of hydrogen-bond acceptors (Lipinski definition) is 6. The van der Waals surface area contributed by atoms with Crippen LogP contribution < -0.4 is 0 Å². The van der Waals surface area contributed by atoms with Crippen molar-refractivity contribution in [3.05, 3.63) is 12.7 Å². The fourth-order valence-electron chi connectivity index (χ4n) is 3.51. The summed E-state index contributed by atoms with van der Waals surface area (Å²) < 4.78 is 21.5. The molecule has 2 heterocycles. The number of nitrogens with zero attached hydrogens (tertiary/aromatic N) is 1. The largest absolute Gasteiger partial charge is 0.382 e. The van der Waals surface area contributed by atoms with Gasteiger partial charge in [-0.2, -0.15) is 0 Å². The van der Waals surface area contributed by atoms with Crippen molar-refractivity contribution in [3.8, 4) is 0 Å². The summed E-state index contributed by atoms with van der Waals surface area (Å²) in [5.74, 6) is -1.02. The summed E-state index contributed by atoms with van der Waals surface area (Å²) in [6.45, 7) is 8.24. The molecule has 0 aromatic heterocycles. The van der Waals surface area contributed by atoms with Gasteiger partial charge in [0.15, 0.2) is 0 Å². The van der Waals surface area contributed by atoms with E-state index in [4.69, 9.17) is 18.9 Å². The molecule has 0 aromatic rings. The monoisotopic (exact) mass is 355 g/mol. The van der Waals surface area contributed by atoms with Crippen molar-refractivity contribution in [2.24, 2.45) is 11.8 Å². The molecule has 2 aliphatic rings. The van der Waals surface area contributed by atoms with Gasteiger partial charge in [-0.25, -0.2) is 0 Å². The van der Waals surface area contributed by atoms with Crippen LogP contribution >= 0.6 is 0 Å². The first-order valence-electron chi connectivity index (χ1n) is 8.91. The second-order valence-corrected chi connectivity index (χ2v) is 6.24. The first kappa shape index (κ1) is 20.0. The van der Waals surface area contributed by atoms with E-state index >= 15 is 0 Å². The molecular formula is C18H29NO6. The van der Waals surface area contributed by atoms with E-state index in [-0.39, 0.29) is 42.4 Å². The molecule has 0 N–H and O–H groups in total. The van der Waals surface area contributed by atoms with E-state index in [1.807, 2.05) is 6.92 Å². The van der Waals surface area contributed by atoms with Crippen molar-refractivity contribution in [2.75, 3.05) is 46.7 Å². The average molecular weight is 355 g/mol. The topological polar surface area (TPSA) is 74.3 Å². The number of carbonyl (C=O) groups is 2. The highest BCUT2D eigenvalue weighted by molar-refractivity contribution is 6.06. The SMILES string of the molecule is C=CCC1OC(CC)[C@@H]2C(=O)N(CCOCCOCCOC)C(=O)[C@H]12. The molecule has 2 aliphatic heterocycles. The molecule has 2 unspecified atom stereocenters. The highest BCUT2D eigenvalue weighted by Crippen LogP contribution is 2.42. The third-order valence-corrected chi connectivity index (χ3v) is 4.70. The van der Waals surface area contributed by atoms with Crippen LogP contribution in [-0.2, 0) is 28.5 Å². The summed E-state index contributed by atoms with van der Waals surface area (Å²) >= 11 is 0. The lowest BCUT2D eigenvalue weighted by Crippen LogP contribution is -2.38. The molecule has 142 valence electrons. The number of amides is 2. The van der Waals surface area contributed by atoms with Gasteiger partial charge in [-0.3, -0.25) is 14.5 Å². The molecule has 0 aromatic carbocycles. The molecule has 0 saturated carbocycles. The Bertz CT molecular complexity index is 468. The molecule has 0 aliphatic carbocycles. The molecule has 2 rings (SSSR count). The lowest BCUT2D eigenvalue weighted by Gasteiger charge is -2.20. The lowest BCUT2D eigenvalue weighted by molar-refractivity contribution is -0.144. The minimum atomic E-state index is -0.382. The third kappa shape index (κ3) is 4.67. The Kier molecular flexibility index (Phi) is 8.02. The number of carbonyl (C=O) groups excluding carboxylic acids is 2. The molecule has 25 heavy (non-hydrogen) atoms. The van der Waals surface area contributed by atoms with Crippen molar-refractivity contribution < 1.29 is 28.5 Å². The number of fused-ring (bicyclic) bond motifs is 1. The first-order chi connectivity index (χ1) is 12.2. The van der Waals surface area contributed by atoms with Crippen molar-refractivity contribution in [1.29, 1.82) is 0 Å². The molecule has 2 fully saturated rings. The molecular weight excluding hydrogens is 326 g/mol. The number of rotatable bonds is 12. The molecule has 4 atom stereocenters. The van der Waals surface area contributed by atoms with E-state index < -0.39 is 0 Å². The van der Waals surface area contributed by atoms with Gasteiger partial charge in [-0.15, -0.1) is 6.58 Å². The Morgan fingerprint density at radius 3 is 2.24 bits per heavy atom. The Hall–Kier alpha value is -1.28. The Morgan fingerprint density at radius 1 is 1.04 bits per heavy atom. The molecule has 2 saturated heterocycles. The van der Waals surface area contributed by atoms with Crippen LogP contribution in [-0.4, -0.2) is 75.6 Å². The number of likely N-dealkylation sites (tertiary alicyclic amines) is 1. The van der Waals surface area contributed by atoms with Crippen LogP contribution in [0.25, 0.3) is 0 Å². The van der Waals surface area contributed by atoms with Gasteiger partial charge in [0.2, 0.25) is 11.8 Å². The summed E-state index contributed by atoms with van der Waals surface area (Å²) in [4.78, 5) is 26.7. The van der Waals surface area contributed by atoms with Gasteiger partial charge in [-0.05, 0) is 12.8 Å². The normalized spacial score (nSPS) is 28.6. The fraction of sp³-hybridized carbons (Fsp3) is 0.778. The Morgan fingerprint density at radius 2 is 1.64 bits per heavy atom. The quantitative estimate of drug-likeness (QED) is 0.296. The molecule has 0 bridgehead atoms. The van der Waals surface area contributed by atoms with E-state index in [1.165, 1.54) is 4.90 Å². The van der Waals surface area contributed by atoms with Crippen molar-refractivity contribution in [3.63, 3.8) is 0 Å². The zero-order valence-corrected chi connectivity index (χ0v) is 15.1. The summed E-state index contributed by atoms with van der Waals surface area (Å²) in [5.41, 5.74) is 0. The van der Waals surface area contributed by atoms with Crippen LogP contribution in [0.4, 0.5) is 0 Å². The predicted octanol–water partition coefficient (Wildman–Crippen LogP) is 1.02. The number of imide groups is 1. The van der Waals surface area contributed by atoms with E-state index in [1.54, 1.807) is 13.2 Å². The van der Waals surface area contributed by atoms with Crippen LogP contribution in [0, 0.1) is 11.8 Å². The van der Waals surface area contributed by atoms with Gasteiger partial charge >= 0.3 is 0 Å². The second kappa shape index (κ2) is 10.0. The summed E-state index contributed by atoms with van der Waals surface area (Å²) in [6.07, 6.45) is 2.61. The van der Waals surface area contributed by atoms with E-state index in [9.17, 15) is 9.59 Å². The van der Waals surface area contributed by atoms with Crippen LogP contribution in [0.1, 0.15) is 19.8 Å². The van der Waals surface area contributed by atoms with Crippen molar-refractivity contribution in [2.45, 2.75) is 32.0 Å². The zero-order chi connectivity index (χ0) is 18.2. The molecule has 0 radical (unpaired) electrons. The first-order valence-corrected chi connectivity index (χ1v) is 8.91. The van der Waals surface area contributed by atoms with Gasteiger partial charge in [0.25, 0.3) is 0 Å². The van der Waals surface area contributed by atoms with E-state index in [0.717, 1.165) is 6.42 Å². The van der Waals surface area contributed by atoms with Gasteiger partial charge in [0.05, 0.1) is 63.6 Å². The molecule has 0 spiro atoms. The maximum absolute atomic E-state index is 12.7. The Labute approximate surface area is 149 Å². The summed E-state index contributed by atoms with van der Waals surface area (Å²) in [6, 6.07) is 0. The van der Waals surface area contributed by atoms with E-state index in [2.05, 4.69) is 6.58 Å². The molecule has 2 amide bonds. The zero-order valence-electron chi connectivity index (χ0n) is 15.1. The van der Waals surface area contributed by atoms with E-state index in [0.29, 0.717) is 39.5 Å². The number of methoxy groups -OCH3 is 1. The minimum Gasteiger partial charge on any atom is -0.382 e. The number of ether oxygens (including phenoxy) is 4. The highest BCUT2D eigenvalue weighted by atomic mass is 16.5. The van der Waals surface area contributed by atoms with Crippen molar-refractivity contribution >= 4 is 11.8 Å². The highest BCUT2D eigenvalue weighted by Gasteiger charge is 2.58. The Balaban J connectivity index is 1.80. The van der Waals surface area contributed by atoms with Gasteiger partial charge in [0.1, 0.15) is 0 Å². The van der Waals surface area contributed by atoms with Crippen LogP contribution in [0.2, 0.25) is 0 Å². The maximum atomic E-state index is 12.7. The van der Waals surface area contributed by atoms with Gasteiger partial charge in [-0.1, -0.05) is 13.0 Å². The fourth-order valence-corrected chi connectivity index (χ4v) is 3.51. The summed E-state index contributed by atoms with van der Waals surface area (Å²) in [5, 5.41) is 0. The number of hydrogen-bond donors (Lipinski definition) is 0. The smallest absolute Gasteiger partial charge is 0.235 e. The molecule has 7 nitrogen and oxygen atoms in total. The maximum Gasteiger partial charge on any atom is 0.235 e.